The number of carbonyl (C=O) groups is 1. The van der Waals surface area contributed by atoms with E-state index < -0.39 is 16.5 Å². The van der Waals surface area contributed by atoms with E-state index in [2.05, 4.69) is 5.32 Å². The molecular weight excluding hydrogens is 243 g/mol. The van der Waals surface area contributed by atoms with E-state index in [9.17, 15) is 14.9 Å². The first-order valence-electron chi connectivity index (χ1n) is 3.83. The van der Waals surface area contributed by atoms with Crippen LogP contribution in [0, 0.1) is 10.1 Å². The van der Waals surface area contributed by atoms with E-state index in [1.165, 1.54) is 19.1 Å². The lowest BCUT2D eigenvalue weighted by molar-refractivity contribution is -0.383. The van der Waals surface area contributed by atoms with Gasteiger partial charge in [-0.1, -0.05) is 23.2 Å². The number of rotatable bonds is 2. The van der Waals surface area contributed by atoms with E-state index in [4.69, 9.17) is 23.2 Å². The molecule has 1 rings (SSSR count). The fraction of sp³-hybridized carbons (Fsp3) is 0.125. The van der Waals surface area contributed by atoms with Crippen molar-refractivity contribution in [2.45, 2.75) is 6.92 Å². The Balaban J connectivity index is 3.33. The SMILES string of the molecule is CC(=O)Nc1ccc(Cl)c(Cl)c1[N+](=O)[O-]. The highest BCUT2D eigenvalue weighted by Gasteiger charge is 2.21. The van der Waals surface area contributed by atoms with Crippen LogP contribution < -0.4 is 5.32 Å². The molecule has 7 heteroatoms. The van der Waals surface area contributed by atoms with Crippen molar-refractivity contribution in [3.63, 3.8) is 0 Å². The maximum atomic E-state index is 10.8. The normalized spacial score (nSPS) is 9.80. The van der Waals surface area contributed by atoms with Gasteiger partial charge in [0.1, 0.15) is 10.7 Å². The molecule has 0 aromatic heterocycles. The Kier molecular flexibility index (Phi) is 3.49. The number of amides is 1. The van der Waals surface area contributed by atoms with Crippen LogP contribution in [0.5, 0.6) is 0 Å². The van der Waals surface area contributed by atoms with Crippen LogP contribution in [0.1, 0.15) is 6.92 Å². The number of benzene rings is 1. The minimum absolute atomic E-state index is 0.0295. The van der Waals surface area contributed by atoms with Crippen molar-refractivity contribution in [1.82, 2.24) is 0 Å². The lowest BCUT2D eigenvalue weighted by Crippen LogP contribution is -2.08. The van der Waals surface area contributed by atoms with Crippen molar-refractivity contribution >= 4 is 40.5 Å². The first-order chi connectivity index (χ1) is 6.93. The summed E-state index contributed by atoms with van der Waals surface area (Å²) in [7, 11) is 0. The van der Waals surface area contributed by atoms with Gasteiger partial charge in [-0.15, -0.1) is 0 Å². The molecule has 0 heterocycles. The quantitative estimate of drug-likeness (QED) is 0.646. The molecule has 0 aliphatic carbocycles. The van der Waals surface area contributed by atoms with Crippen LogP contribution in [0.2, 0.25) is 10.0 Å². The van der Waals surface area contributed by atoms with Crippen LogP contribution in [-0.2, 0) is 4.79 Å². The summed E-state index contributed by atoms with van der Waals surface area (Å²) < 4.78 is 0. The Labute approximate surface area is 95.1 Å². The standard InChI is InChI=1S/C8H6Cl2N2O3/c1-4(13)11-6-3-2-5(9)7(10)8(6)12(14)15/h2-3H,1H3,(H,11,13). The second kappa shape index (κ2) is 4.46. The molecule has 5 nitrogen and oxygen atoms in total. The fourth-order valence-electron chi connectivity index (χ4n) is 1.01. The number of anilines is 1. The smallest absolute Gasteiger partial charge is 0.312 e. The number of nitro benzene ring substituents is 1. The van der Waals surface area contributed by atoms with Crippen LogP contribution in [0.4, 0.5) is 11.4 Å². The second-order valence-electron chi connectivity index (χ2n) is 2.70. The number of hydrogen-bond acceptors (Lipinski definition) is 3. The van der Waals surface area contributed by atoms with Crippen molar-refractivity contribution in [1.29, 1.82) is 0 Å². The highest BCUT2D eigenvalue weighted by atomic mass is 35.5. The van der Waals surface area contributed by atoms with Crippen LogP contribution in [0.25, 0.3) is 0 Å². The summed E-state index contributed by atoms with van der Waals surface area (Å²) in [6, 6.07) is 2.70. The summed E-state index contributed by atoms with van der Waals surface area (Å²) in [6.45, 7) is 1.24. The van der Waals surface area contributed by atoms with Gasteiger partial charge in [-0.05, 0) is 12.1 Å². The van der Waals surface area contributed by atoms with E-state index in [0.29, 0.717) is 0 Å². The van der Waals surface area contributed by atoms with Gasteiger partial charge in [-0.3, -0.25) is 14.9 Å². The highest BCUT2D eigenvalue weighted by Crippen LogP contribution is 2.37. The van der Waals surface area contributed by atoms with Gasteiger partial charge in [0.2, 0.25) is 5.91 Å². The molecule has 0 bridgehead atoms. The third-order valence-corrected chi connectivity index (χ3v) is 2.36. The third-order valence-electron chi connectivity index (χ3n) is 1.56. The number of carbonyl (C=O) groups excluding carboxylic acids is 1. The van der Waals surface area contributed by atoms with Gasteiger partial charge in [0.25, 0.3) is 0 Å². The molecular formula is C8H6Cl2N2O3. The number of nitro groups is 1. The molecule has 0 radical (unpaired) electrons. The van der Waals surface area contributed by atoms with Gasteiger partial charge in [0, 0.05) is 6.92 Å². The van der Waals surface area contributed by atoms with Crippen LogP contribution in [0.15, 0.2) is 12.1 Å². The molecule has 1 amide bonds. The molecule has 0 fully saturated rings. The van der Waals surface area contributed by atoms with Crippen LogP contribution >= 0.6 is 23.2 Å². The number of nitrogens with zero attached hydrogens (tertiary/aromatic N) is 1. The zero-order chi connectivity index (χ0) is 11.6. The van der Waals surface area contributed by atoms with Gasteiger partial charge in [0.15, 0.2) is 0 Å². The summed E-state index contributed by atoms with van der Waals surface area (Å²) in [5, 5.41) is 12.9. The second-order valence-corrected chi connectivity index (χ2v) is 3.48. The van der Waals surface area contributed by atoms with Crippen LogP contribution in [0.3, 0.4) is 0 Å². The topological polar surface area (TPSA) is 72.2 Å². The average molecular weight is 249 g/mol. The average Bonchev–Trinajstić information content (AvgIpc) is 2.10. The van der Waals surface area contributed by atoms with Gasteiger partial charge < -0.3 is 5.32 Å². The first-order valence-corrected chi connectivity index (χ1v) is 4.59. The minimum Gasteiger partial charge on any atom is -0.321 e. The molecule has 0 atom stereocenters. The predicted molar refractivity (Wildman–Crippen MR) is 57.4 cm³/mol. The summed E-state index contributed by atoms with van der Waals surface area (Å²) in [5.74, 6) is -0.420. The monoisotopic (exact) mass is 248 g/mol. The van der Waals surface area contributed by atoms with E-state index in [1.54, 1.807) is 0 Å². The molecule has 0 spiro atoms. The van der Waals surface area contributed by atoms with Crippen molar-refractivity contribution in [2.24, 2.45) is 0 Å². The van der Waals surface area contributed by atoms with Gasteiger partial charge in [0.05, 0.1) is 9.95 Å². The zero-order valence-electron chi connectivity index (χ0n) is 7.58. The molecule has 1 aromatic carbocycles. The van der Waals surface area contributed by atoms with Crippen molar-refractivity contribution in [2.75, 3.05) is 5.32 Å². The summed E-state index contributed by atoms with van der Waals surface area (Å²) >= 11 is 11.3. The largest absolute Gasteiger partial charge is 0.321 e. The summed E-state index contributed by atoms with van der Waals surface area (Å²) in [6.07, 6.45) is 0. The van der Waals surface area contributed by atoms with Crippen molar-refractivity contribution < 1.29 is 9.72 Å². The maximum absolute atomic E-state index is 10.8. The van der Waals surface area contributed by atoms with E-state index in [1.807, 2.05) is 0 Å². The fourth-order valence-corrected chi connectivity index (χ4v) is 1.40. The number of halogens is 2. The molecule has 80 valence electrons. The third kappa shape index (κ3) is 2.57. The summed E-state index contributed by atoms with van der Waals surface area (Å²) in [4.78, 5) is 20.8. The van der Waals surface area contributed by atoms with Gasteiger partial charge in [-0.25, -0.2) is 0 Å². The number of hydrogen-bond donors (Lipinski definition) is 1. The van der Waals surface area contributed by atoms with Crippen LogP contribution in [-0.4, -0.2) is 10.8 Å². The maximum Gasteiger partial charge on any atom is 0.312 e. The van der Waals surface area contributed by atoms with E-state index in [0.717, 1.165) is 0 Å². The zero-order valence-corrected chi connectivity index (χ0v) is 9.09. The lowest BCUT2D eigenvalue weighted by Gasteiger charge is -2.05. The Hall–Kier alpha value is -1.33. The molecule has 0 aliphatic heterocycles. The minimum atomic E-state index is -0.695. The molecule has 0 aliphatic rings. The molecule has 15 heavy (non-hydrogen) atoms. The molecule has 0 unspecified atom stereocenters. The predicted octanol–water partition coefficient (Wildman–Crippen LogP) is 2.86. The molecule has 0 saturated heterocycles. The van der Waals surface area contributed by atoms with Crippen molar-refractivity contribution in [3.05, 3.63) is 32.3 Å². The van der Waals surface area contributed by atoms with E-state index in [-0.39, 0.29) is 15.7 Å². The Bertz CT molecular complexity index is 434. The van der Waals surface area contributed by atoms with Gasteiger partial charge in [-0.2, -0.15) is 0 Å². The lowest BCUT2D eigenvalue weighted by atomic mass is 10.2. The highest BCUT2D eigenvalue weighted by molar-refractivity contribution is 6.43. The molecule has 1 aromatic rings. The first kappa shape index (κ1) is 11.7. The Morgan fingerprint density at radius 2 is 2.07 bits per heavy atom. The van der Waals surface area contributed by atoms with Crippen molar-refractivity contribution in [3.8, 4) is 0 Å². The van der Waals surface area contributed by atoms with E-state index >= 15 is 0 Å². The number of nitrogens with one attached hydrogen (secondary N) is 1. The summed E-state index contributed by atoms with van der Waals surface area (Å²) in [5.41, 5.74) is -0.374. The Morgan fingerprint density at radius 1 is 1.47 bits per heavy atom. The Morgan fingerprint density at radius 3 is 2.53 bits per heavy atom. The molecule has 0 saturated carbocycles. The van der Waals surface area contributed by atoms with Gasteiger partial charge >= 0.3 is 5.69 Å². The molecule has 1 N–H and O–H groups in total.